The Balaban J connectivity index is 2.23. The maximum atomic E-state index is 4.06. The van der Waals surface area contributed by atoms with E-state index in [0.29, 0.717) is 17.5 Å². The molecule has 0 saturated heterocycles. The molecule has 0 aromatic carbocycles. The van der Waals surface area contributed by atoms with Gasteiger partial charge in [0.25, 0.3) is 0 Å². The van der Waals surface area contributed by atoms with Gasteiger partial charge in [0.1, 0.15) is 0 Å². The van der Waals surface area contributed by atoms with Crippen molar-refractivity contribution in [1.82, 2.24) is 35.7 Å². The van der Waals surface area contributed by atoms with E-state index in [4.69, 9.17) is 0 Å². The molecule has 2 rings (SSSR count). The van der Waals surface area contributed by atoms with E-state index in [1.807, 2.05) is 32.2 Å². The van der Waals surface area contributed by atoms with Crippen molar-refractivity contribution in [3.63, 3.8) is 0 Å². The first-order valence-electron chi connectivity index (χ1n) is 6.00. The Morgan fingerprint density at radius 2 is 2.11 bits per heavy atom. The topological polar surface area (TPSA) is 92.3 Å². The van der Waals surface area contributed by atoms with Crippen molar-refractivity contribution in [3.05, 3.63) is 36.6 Å². The van der Waals surface area contributed by atoms with Crippen molar-refractivity contribution in [3.8, 4) is 11.6 Å². The zero-order valence-electron chi connectivity index (χ0n) is 10.8. The average Bonchev–Trinajstić information content (AvgIpc) is 2.98. The first-order valence-corrected chi connectivity index (χ1v) is 6.00. The Hall–Kier alpha value is -2.57. The Morgan fingerprint density at radius 3 is 2.68 bits per heavy atom. The van der Waals surface area contributed by atoms with Gasteiger partial charge in [-0.1, -0.05) is 19.1 Å². The monoisotopic (exact) mass is 257 g/mol. The Morgan fingerprint density at radius 1 is 1.32 bits per heavy atom. The van der Waals surface area contributed by atoms with Crippen LogP contribution in [0.25, 0.3) is 17.3 Å². The van der Waals surface area contributed by atoms with Crippen LogP contribution in [0.15, 0.2) is 30.7 Å². The molecule has 98 valence electrons. The molecule has 0 aliphatic carbocycles. The van der Waals surface area contributed by atoms with E-state index in [1.165, 1.54) is 0 Å². The highest BCUT2D eigenvalue weighted by molar-refractivity contribution is 5.58. The lowest BCUT2D eigenvalue weighted by Crippen LogP contribution is -2.10. The minimum Gasteiger partial charge on any atom is -0.359 e. The van der Waals surface area contributed by atoms with Crippen molar-refractivity contribution in [2.24, 2.45) is 0 Å². The van der Waals surface area contributed by atoms with Crippen LogP contribution in [0.4, 0.5) is 0 Å². The van der Waals surface area contributed by atoms with Crippen LogP contribution in [0.5, 0.6) is 0 Å². The highest BCUT2D eigenvalue weighted by Crippen LogP contribution is 2.08. The number of hydrogen-bond donors (Lipinski definition) is 2. The van der Waals surface area contributed by atoms with Crippen LogP contribution in [-0.4, -0.2) is 30.4 Å². The molecule has 0 aliphatic rings. The molecule has 7 nitrogen and oxygen atoms in total. The fourth-order valence-electron chi connectivity index (χ4n) is 1.41. The normalized spacial score (nSPS) is 12.0. The highest BCUT2D eigenvalue weighted by Gasteiger charge is 2.08. The smallest absolute Gasteiger partial charge is 0.238 e. The van der Waals surface area contributed by atoms with Gasteiger partial charge in [-0.2, -0.15) is 0 Å². The van der Waals surface area contributed by atoms with Crippen LogP contribution in [0.2, 0.25) is 0 Å². The summed E-state index contributed by atoms with van der Waals surface area (Å²) in [4.78, 5) is 6.95. The molecule has 0 aliphatic heterocycles. The SMILES string of the molecule is C/C=C\N/C(=C\CC)c1nnc(-c2ncc[nH]2)nn1. The maximum Gasteiger partial charge on any atom is 0.238 e. The maximum absolute atomic E-state index is 4.06. The lowest BCUT2D eigenvalue weighted by molar-refractivity contribution is 0.825. The summed E-state index contributed by atoms with van der Waals surface area (Å²) in [6.45, 7) is 3.96. The van der Waals surface area contributed by atoms with Gasteiger partial charge >= 0.3 is 0 Å². The molecule has 0 saturated carbocycles. The van der Waals surface area contributed by atoms with E-state index in [0.717, 1.165) is 12.1 Å². The molecule has 0 radical (unpaired) electrons. The molecule has 2 heterocycles. The summed E-state index contributed by atoms with van der Waals surface area (Å²) in [5, 5.41) is 19.2. The number of H-pyrrole nitrogens is 1. The van der Waals surface area contributed by atoms with Crippen molar-refractivity contribution >= 4 is 5.70 Å². The highest BCUT2D eigenvalue weighted by atomic mass is 15.3. The number of nitrogens with zero attached hydrogens (tertiary/aromatic N) is 5. The predicted octanol–water partition coefficient (Wildman–Crippen LogP) is 1.53. The number of nitrogens with one attached hydrogen (secondary N) is 2. The molecule has 19 heavy (non-hydrogen) atoms. The Labute approximate surface area is 110 Å². The molecule has 0 bridgehead atoms. The molecule has 2 N–H and O–H groups in total. The van der Waals surface area contributed by atoms with Crippen LogP contribution in [0.3, 0.4) is 0 Å². The standard InChI is InChI=1S/C12H15N7/c1-3-5-9(13-6-4-2)10-16-18-12(19-17-10)11-14-7-8-15-11/h4-8,13H,3H2,1-2H3,(H,14,15)/b6-4-,9-5-. The Bertz CT molecular complexity index is 554. The van der Waals surface area contributed by atoms with Gasteiger partial charge in [0.15, 0.2) is 5.82 Å². The molecule has 2 aromatic heterocycles. The van der Waals surface area contributed by atoms with Gasteiger partial charge in [-0.25, -0.2) is 4.98 Å². The van der Waals surface area contributed by atoms with Gasteiger partial charge in [0.2, 0.25) is 11.6 Å². The van der Waals surface area contributed by atoms with E-state index >= 15 is 0 Å². The molecule has 0 unspecified atom stereocenters. The number of aromatic amines is 1. The summed E-state index contributed by atoms with van der Waals surface area (Å²) < 4.78 is 0. The third-order valence-electron chi connectivity index (χ3n) is 2.24. The molecule has 7 heteroatoms. The van der Waals surface area contributed by atoms with Crippen LogP contribution in [0.1, 0.15) is 26.1 Å². The van der Waals surface area contributed by atoms with E-state index < -0.39 is 0 Å². The second-order valence-electron chi connectivity index (χ2n) is 3.66. The Kier molecular flexibility index (Phi) is 4.33. The predicted molar refractivity (Wildman–Crippen MR) is 71.4 cm³/mol. The van der Waals surface area contributed by atoms with Crippen molar-refractivity contribution in [2.45, 2.75) is 20.3 Å². The van der Waals surface area contributed by atoms with Crippen LogP contribution in [-0.2, 0) is 0 Å². The number of hydrogen-bond acceptors (Lipinski definition) is 6. The van der Waals surface area contributed by atoms with Crippen molar-refractivity contribution in [2.75, 3.05) is 0 Å². The summed E-state index contributed by atoms with van der Waals surface area (Å²) >= 11 is 0. The third-order valence-corrected chi connectivity index (χ3v) is 2.24. The second kappa shape index (κ2) is 6.39. The number of rotatable bonds is 5. The first kappa shape index (κ1) is 12.9. The van der Waals surface area contributed by atoms with E-state index in [2.05, 4.69) is 35.7 Å². The van der Waals surface area contributed by atoms with E-state index in [1.54, 1.807) is 12.4 Å². The van der Waals surface area contributed by atoms with Gasteiger partial charge in [-0.15, -0.1) is 20.4 Å². The summed E-state index contributed by atoms with van der Waals surface area (Å²) in [5.74, 6) is 1.37. The summed E-state index contributed by atoms with van der Waals surface area (Å²) in [6.07, 6.45) is 9.87. The fourth-order valence-corrected chi connectivity index (χ4v) is 1.41. The third kappa shape index (κ3) is 3.21. The lowest BCUT2D eigenvalue weighted by Gasteiger charge is -2.04. The summed E-state index contributed by atoms with van der Waals surface area (Å²) in [6, 6.07) is 0. The van der Waals surface area contributed by atoms with Gasteiger partial charge < -0.3 is 10.3 Å². The zero-order chi connectivity index (χ0) is 13.5. The molecule has 0 atom stereocenters. The fraction of sp³-hybridized carbons (Fsp3) is 0.250. The van der Waals surface area contributed by atoms with Gasteiger partial charge in [-0.05, 0) is 19.5 Å². The minimum atomic E-state index is 0.371. The molecular weight excluding hydrogens is 242 g/mol. The lowest BCUT2D eigenvalue weighted by atomic mass is 10.3. The van der Waals surface area contributed by atoms with Crippen LogP contribution < -0.4 is 5.32 Å². The van der Waals surface area contributed by atoms with Crippen molar-refractivity contribution < 1.29 is 0 Å². The number of allylic oxidation sites excluding steroid dienone is 2. The van der Waals surface area contributed by atoms with E-state index in [-0.39, 0.29) is 0 Å². The van der Waals surface area contributed by atoms with Gasteiger partial charge in [0.05, 0.1) is 5.70 Å². The second-order valence-corrected chi connectivity index (χ2v) is 3.66. The zero-order valence-corrected chi connectivity index (χ0v) is 10.8. The average molecular weight is 257 g/mol. The molecule has 0 amide bonds. The molecule has 2 aromatic rings. The molecular formula is C12H15N7. The molecule has 0 fully saturated rings. The van der Waals surface area contributed by atoms with E-state index in [9.17, 15) is 0 Å². The minimum absolute atomic E-state index is 0.371. The van der Waals surface area contributed by atoms with Crippen molar-refractivity contribution in [1.29, 1.82) is 0 Å². The van der Waals surface area contributed by atoms with Gasteiger partial charge in [-0.3, -0.25) is 0 Å². The largest absolute Gasteiger partial charge is 0.359 e. The van der Waals surface area contributed by atoms with Crippen LogP contribution >= 0.6 is 0 Å². The van der Waals surface area contributed by atoms with Gasteiger partial charge in [0, 0.05) is 12.4 Å². The number of aromatic nitrogens is 6. The number of imidazole rings is 1. The van der Waals surface area contributed by atoms with Crippen LogP contribution in [0, 0.1) is 0 Å². The molecule has 0 spiro atoms. The first-order chi connectivity index (χ1) is 9.35. The quantitative estimate of drug-likeness (QED) is 0.843. The summed E-state index contributed by atoms with van der Waals surface area (Å²) in [5.41, 5.74) is 0.784. The summed E-state index contributed by atoms with van der Waals surface area (Å²) in [7, 11) is 0.